The minimum Gasteiger partial charge on any atom is -0.295 e. The number of H-pyrrole nitrogens is 1. The quantitative estimate of drug-likeness (QED) is 0.869. The monoisotopic (exact) mass is 333 g/mol. The molecule has 2 heterocycles. The number of rotatable bonds is 4. The summed E-state index contributed by atoms with van der Waals surface area (Å²) < 4.78 is 27.2. The van der Waals surface area contributed by atoms with Crippen LogP contribution >= 0.6 is 0 Å². The molecule has 1 fully saturated rings. The smallest absolute Gasteiger partial charge is 0.243 e. The van der Waals surface area contributed by atoms with Crippen LogP contribution in [0.5, 0.6) is 0 Å². The second kappa shape index (κ2) is 6.25. The Morgan fingerprint density at radius 2 is 2.17 bits per heavy atom. The molecule has 1 aliphatic heterocycles. The predicted molar refractivity (Wildman–Crippen MR) is 85.8 cm³/mol. The molecule has 122 valence electrons. The maximum Gasteiger partial charge on any atom is 0.243 e. The summed E-state index contributed by atoms with van der Waals surface area (Å²) >= 11 is 0. The molecule has 1 N–H and O–H groups in total. The zero-order chi connectivity index (χ0) is 16.4. The highest BCUT2D eigenvalue weighted by atomic mass is 32.2. The predicted octanol–water partition coefficient (Wildman–Crippen LogP) is 2.18. The summed E-state index contributed by atoms with van der Waals surface area (Å²) in [5, 5.41) is 6.87. The van der Waals surface area contributed by atoms with E-state index in [4.69, 9.17) is 0 Å². The Labute approximate surface area is 135 Å². The molecule has 0 aliphatic carbocycles. The summed E-state index contributed by atoms with van der Waals surface area (Å²) in [4.78, 5) is 11.7. The summed E-state index contributed by atoms with van der Waals surface area (Å²) in [5.74, 6) is -0.0203. The Balaban J connectivity index is 1.87. The molecule has 1 aromatic carbocycles. The van der Waals surface area contributed by atoms with Crippen molar-refractivity contribution >= 4 is 15.8 Å². The van der Waals surface area contributed by atoms with Gasteiger partial charge in [-0.3, -0.25) is 9.89 Å². The lowest BCUT2D eigenvalue weighted by Gasteiger charge is -2.31. The Kier molecular flexibility index (Phi) is 4.32. The van der Waals surface area contributed by atoms with Crippen LogP contribution in [0.1, 0.15) is 41.7 Å². The van der Waals surface area contributed by atoms with Gasteiger partial charge in [0.1, 0.15) is 0 Å². The number of ketones is 1. The number of carbonyl (C=O) groups is 1. The van der Waals surface area contributed by atoms with Gasteiger partial charge in [-0.1, -0.05) is 12.1 Å². The molecule has 0 bridgehead atoms. The summed E-state index contributed by atoms with van der Waals surface area (Å²) in [7, 11) is -3.60. The van der Waals surface area contributed by atoms with E-state index in [1.165, 1.54) is 17.3 Å². The number of nitrogens with one attached hydrogen (secondary N) is 1. The largest absolute Gasteiger partial charge is 0.295 e. The van der Waals surface area contributed by atoms with Gasteiger partial charge in [0.05, 0.1) is 4.90 Å². The third-order valence-corrected chi connectivity index (χ3v) is 6.09. The van der Waals surface area contributed by atoms with Crippen LogP contribution in [0, 0.1) is 0 Å². The van der Waals surface area contributed by atoms with Crippen LogP contribution in [0.2, 0.25) is 0 Å². The van der Waals surface area contributed by atoms with E-state index in [2.05, 4.69) is 10.2 Å². The number of carbonyl (C=O) groups excluding carboxylic acids is 1. The SMILES string of the molecule is CC(=O)c1cccc(S(=O)(=O)N2CCC[C@H](c3ccn[nH]3)C2)c1. The van der Waals surface area contributed by atoms with E-state index in [9.17, 15) is 13.2 Å². The average molecular weight is 333 g/mol. The van der Waals surface area contributed by atoms with Crippen LogP contribution in [0.15, 0.2) is 41.4 Å². The van der Waals surface area contributed by atoms with Gasteiger partial charge in [-0.05, 0) is 38.0 Å². The summed E-state index contributed by atoms with van der Waals surface area (Å²) in [6.45, 7) is 2.35. The number of hydrogen-bond acceptors (Lipinski definition) is 4. The Morgan fingerprint density at radius 1 is 1.35 bits per heavy atom. The molecular formula is C16H19N3O3S. The van der Waals surface area contributed by atoms with Crippen molar-refractivity contribution in [1.82, 2.24) is 14.5 Å². The van der Waals surface area contributed by atoms with Gasteiger partial charge in [0, 0.05) is 36.5 Å². The molecule has 0 saturated carbocycles. The number of aromatic nitrogens is 2. The van der Waals surface area contributed by atoms with Crippen LogP contribution < -0.4 is 0 Å². The van der Waals surface area contributed by atoms with Crippen molar-refractivity contribution < 1.29 is 13.2 Å². The molecule has 1 aliphatic rings. The zero-order valence-electron chi connectivity index (χ0n) is 12.9. The first-order valence-corrected chi connectivity index (χ1v) is 9.03. The number of Topliss-reactive ketones (excluding diaryl/α,β-unsaturated/α-hetero) is 1. The van der Waals surface area contributed by atoms with E-state index in [1.807, 2.05) is 6.07 Å². The van der Waals surface area contributed by atoms with Crippen molar-refractivity contribution in [3.05, 3.63) is 47.8 Å². The number of benzene rings is 1. The number of piperidine rings is 1. The van der Waals surface area contributed by atoms with E-state index in [0.29, 0.717) is 18.7 Å². The van der Waals surface area contributed by atoms with E-state index >= 15 is 0 Å². The second-order valence-corrected chi connectivity index (χ2v) is 7.74. The molecule has 7 heteroatoms. The lowest BCUT2D eigenvalue weighted by Crippen LogP contribution is -2.39. The topological polar surface area (TPSA) is 83.1 Å². The van der Waals surface area contributed by atoms with Crippen LogP contribution in [-0.4, -0.2) is 41.8 Å². The van der Waals surface area contributed by atoms with Gasteiger partial charge in [-0.15, -0.1) is 0 Å². The van der Waals surface area contributed by atoms with E-state index in [-0.39, 0.29) is 16.6 Å². The zero-order valence-corrected chi connectivity index (χ0v) is 13.7. The van der Waals surface area contributed by atoms with Gasteiger partial charge >= 0.3 is 0 Å². The van der Waals surface area contributed by atoms with Crippen molar-refractivity contribution in [1.29, 1.82) is 0 Å². The molecular weight excluding hydrogens is 314 g/mol. The van der Waals surface area contributed by atoms with Crippen molar-refractivity contribution in [2.24, 2.45) is 0 Å². The molecule has 1 aromatic heterocycles. The highest BCUT2D eigenvalue weighted by Gasteiger charge is 2.31. The number of nitrogens with zero attached hydrogens (tertiary/aromatic N) is 2. The summed E-state index contributed by atoms with van der Waals surface area (Å²) in [6, 6.07) is 8.13. The summed E-state index contributed by atoms with van der Waals surface area (Å²) in [5.41, 5.74) is 1.37. The van der Waals surface area contributed by atoms with E-state index < -0.39 is 10.0 Å². The third-order valence-electron chi connectivity index (χ3n) is 4.22. The van der Waals surface area contributed by atoms with Gasteiger partial charge < -0.3 is 0 Å². The molecule has 3 rings (SSSR count). The molecule has 1 saturated heterocycles. The standard InChI is InChI=1S/C16H19N3O3S/c1-12(20)13-4-2-6-15(10-13)23(21,22)19-9-3-5-14(11-19)16-7-8-17-18-16/h2,4,6-8,10,14H,3,5,9,11H2,1H3,(H,17,18)/t14-/m0/s1. The van der Waals surface area contributed by atoms with Crippen molar-refractivity contribution in [2.45, 2.75) is 30.6 Å². The van der Waals surface area contributed by atoms with Crippen LogP contribution in [0.4, 0.5) is 0 Å². The molecule has 2 aromatic rings. The molecule has 1 atom stereocenters. The fourth-order valence-electron chi connectivity index (χ4n) is 2.93. The van der Waals surface area contributed by atoms with Crippen LogP contribution in [0.3, 0.4) is 0 Å². The molecule has 0 radical (unpaired) electrons. The van der Waals surface area contributed by atoms with Gasteiger partial charge in [-0.25, -0.2) is 8.42 Å². The number of hydrogen-bond donors (Lipinski definition) is 1. The average Bonchev–Trinajstić information content (AvgIpc) is 3.09. The van der Waals surface area contributed by atoms with Gasteiger partial charge in [0.15, 0.2) is 5.78 Å². The minimum atomic E-state index is -3.60. The highest BCUT2D eigenvalue weighted by Crippen LogP contribution is 2.29. The van der Waals surface area contributed by atoms with Crippen LogP contribution in [-0.2, 0) is 10.0 Å². The Morgan fingerprint density at radius 3 is 2.87 bits per heavy atom. The Bertz CT molecular complexity index is 800. The van der Waals surface area contributed by atoms with Crippen LogP contribution in [0.25, 0.3) is 0 Å². The molecule has 6 nitrogen and oxygen atoms in total. The maximum absolute atomic E-state index is 12.9. The van der Waals surface area contributed by atoms with Gasteiger partial charge in [-0.2, -0.15) is 9.40 Å². The fourth-order valence-corrected chi connectivity index (χ4v) is 4.50. The molecule has 0 amide bonds. The van der Waals surface area contributed by atoms with Gasteiger partial charge in [0.25, 0.3) is 0 Å². The molecule has 0 unspecified atom stereocenters. The van der Waals surface area contributed by atoms with Crippen molar-refractivity contribution in [3.8, 4) is 0 Å². The second-order valence-electron chi connectivity index (χ2n) is 5.80. The fraction of sp³-hybridized carbons (Fsp3) is 0.375. The number of aromatic amines is 1. The van der Waals surface area contributed by atoms with Gasteiger partial charge in [0.2, 0.25) is 10.0 Å². The summed E-state index contributed by atoms with van der Waals surface area (Å²) in [6.07, 6.45) is 3.41. The van der Waals surface area contributed by atoms with Crippen molar-refractivity contribution in [2.75, 3.05) is 13.1 Å². The first-order valence-electron chi connectivity index (χ1n) is 7.59. The minimum absolute atomic E-state index is 0.122. The van der Waals surface area contributed by atoms with E-state index in [0.717, 1.165) is 18.5 Å². The first kappa shape index (κ1) is 15.9. The highest BCUT2D eigenvalue weighted by molar-refractivity contribution is 7.89. The normalized spacial score (nSPS) is 19.6. The number of sulfonamides is 1. The maximum atomic E-state index is 12.9. The lowest BCUT2D eigenvalue weighted by atomic mass is 9.96. The first-order chi connectivity index (χ1) is 11.0. The molecule has 23 heavy (non-hydrogen) atoms. The lowest BCUT2D eigenvalue weighted by molar-refractivity contribution is 0.101. The molecule has 0 spiro atoms. The van der Waals surface area contributed by atoms with Crippen molar-refractivity contribution in [3.63, 3.8) is 0 Å². The Hall–Kier alpha value is -1.99. The van der Waals surface area contributed by atoms with E-state index in [1.54, 1.807) is 24.4 Å². The third kappa shape index (κ3) is 3.20.